The summed E-state index contributed by atoms with van der Waals surface area (Å²) in [4.78, 5) is 31.4. The Morgan fingerprint density at radius 3 is 2.55 bits per heavy atom. The molecule has 0 spiro atoms. The Hall–Kier alpha value is -3.22. The van der Waals surface area contributed by atoms with Crippen molar-refractivity contribution >= 4 is 26.6 Å². The molecule has 1 aromatic heterocycles. The molecule has 12 heteroatoms. The van der Waals surface area contributed by atoms with Gasteiger partial charge in [0, 0.05) is 51.2 Å². The number of halogens is 2. The molecule has 1 N–H and O–H groups in total. The molecule has 0 aliphatic rings. The van der Waals surface area contributed by atoms with Crippen molar-refractivity contribution < 1.29 is 26.7 Å². The molecule has 0 bridgehead atoms. The molecule has 3 aromatic rings. The number of aryl methyl sites for hydroxylation is 1. The molecule has 0 aliphatic carbocycles. The zero-order valence-electron chi connectivity index (χ0n) is 22.0. The van der Waals surface area contributed by atoms with Crippen molar-refractivity contribution in [2.45, 2.75) is 31.2 Å². The van der Waals surface area contributed by atoms with E-state index in [1.165, 1.54) is 55.2 Å². The quantitative estimate of drug-likeness (QED) is 0.390. The molecule has 0 unspecified atom stereocenters. The molecule has 38 heavy (non-hydrogen) atoms. The first-order valence-corrected chi connectivity index (χ1v) is 13.8. The maximum atomic E-state index is 15.0. The van der Waals surface area contributed by atoms with E-state index in [2.05, 4.69) is 10.3 Å². The molecule has 3 rings (SSSR count). The molecular formula is C26H32F2N4O5S. The topological polar surface area (TPSA) is 111 Å². The number of hydrogen-bond acceptors (Lipinski definition) is 7. The second kappa shape index (κ2) is 11.7. The molecule has 1 amide bonds. The van der Waals surface area contributed by atoms with Gasteiger partial charge in [0.1, 0.15) is 4.75 Å². The lowest BCUT2D eigenvalue weighted by Gasteiger charge is -2.25. The SMILES string of the molecule is CNC(=O)[C@@](C)(CCn1cnc2cc(-c3ccc(CN(C)CCOC)c(F)c3F)ccc2c1=O)S(C)(=O)=O. The fraction of sp³-hybridized carbons (Fsp3) is 0.423. The van der Waals surface area contributed by atoms with Gasteiger partial charge in [-0.1, -0.05) is 18.2 Å². The van der Waals surface area contributed by atoms with Gasteiger partial charge in [-0.2, -0.15) is 0 Å². The fourth-order valence-corrected chi connectivity index (χ4v) is 5.00. The van der Waals surface area contributed by atoms with Crippen molar-refractivity contribution in [3.05, 3.63) is 64.2 Å². The van der Waals surface area contributed by atoms with E-state index in [0.29, 0.717) is 18.7 Å². The maximum Gasteiger partial charge on any atom is 0.261 e. The highest BCUT2D eigenvalue weighted by Crippen LogP contribution is 2.29. The molecule has 0 aliphatic heterocycles. The van der Waals surface area contributed by atoms with E-state index in [1.807, 2.05) is 4.90 Å². The first kappa shape index (κ1) is 29.3. The highest BCUT2D eigenvalue weighted by molar-refractivity contribution is 7.92. The van der Waals surface area contributed by atoms with E-state index in [1.54, 1.807) is 14.2 Å². The van der Waals surface area contributed by atoms with Crippen LogP contribution in [-0.4, -0.2) is 74.1 Å². The summed E-state index contributed by atoms with van der Waals surface area (Å²) in [5, 5.41) is 2.57. The van der Waals surface area contributed by atoms with E-state index >= 15 is 4.39 Å². The minimum atomic E-state index is -3.78. The van der Waals surface area contributed by atoms with Gasteiger partial charge in [0.15, 0.2) is 21.5 Å². The summed E-state index contributed by atoms with van der Waals surface area (Å²) in [5.41, 5.74) is 0.416. The van der Waals surface area contributed by atoms with E-state index in [0.717, 1.165) is 6.26 Å². The van der Waals surface area contributed by atoms with Crippen molar-refractivity contribution in [2.24, 2.45) is 0 Å². The van der Waals surface area contributed by atoms with E-state index in [9.17, 15) is 22.4 Å². The molecule has 0 saturated heterocycles. The van der Waals surface area contributed by atoms with Crippen LogP contribution in [0.15, 0.2) is 41.5 Å². The number of benzene rings is 2. The third kappa shape index (κ3) is 5.92. The van der Waals surface area contributed by atoms with Gasteiger partial charge in [0.2, 0.25) is 5.91 Å². The number of fused-ring (bicyclic) bond motifs is 1. The largest absolute Gasteiger partial charge is 0.383 e. The zero-order chi connectivity index (χ0) is 28.3. The smallest absolute Gasteiger partial charge is 0.261 e. The lowest BCUT2D eigenvalue weighted by Crippen LogP contribution is -2.49. The maximum absolute atomic E-state index is 15.0. The summed E-state index contributed by atoms with van der Waals surface area (Å²) in [6.45, 7) is 2.48. The summed E-state index contributed by atoms with van der Waals surface area (Å²) < 4.78 is 58.9. The molecule has 1 atom stereocenters. The number of carbonyl (C=O) groups is 1. The normalized spacial score (nSPS) is 13.6. The highest BCUT2D eigenvalue weighted by atomic mass is 32.2. The van der Waals surface area contributed by atoms with E-state index < -0.39 is 37.7 Å². The number of nitrogens with zero attached hydrogens (tertiary/aromatic N) is 3. The third-order valence-electron chi connectivity index (χ3n) is 6.77. The average Bonchev–Trinajstić information content (AvgIpc) is 2.88. The molecule has 206 valence electrons. The van der Waals surface area contributed by atoms with Gasteiger partial charge in [-0.25, -0.2) is 22.2 Å². The molecule has 1 heterocycles. The van der Waals surface area contributed by atoms with Gasteiger partial charge in [0.05, 0.1) is 23.8 Å². The number of sulfone groups is 1. The van der Waals surface area contributed by atoms with Crippen molar-refractivity contribution in [3.63, 3.8) is 0 Å². The minimum Gasteiger partial charge on any atom is -0.383 e. The van der Waals surface area contributed by atoms with Gasteiger partial charge in [-0.05, 0) is 38.1 Å². The lowest BCUT2D eigenvalue weighted by atomic mass is 10.0. The third-order valence-corrected chi connectivity index (χ3v) is 8.80. The van der Waals surface area contributed by atoms with E-state index in [-0.39, 0.29) is 41.5 Å². The predicted octanol–water partition coefficient (Wildman–Crippen LogP) is 2.36. The van der Waals surface area contributed by atoms with Gasteiger partial charge < -0.3 is 10.1 Å². The number of ether oxygens (including phenoxy) is 1. The molecule has 0 fully saturated rings. The number of methoxy groups -OCH3 is 1. The van der Waals surface area contributed by atoms with Crippen LogP contribution in [0, 0.1) is 11.6 Å². The van der Waals surface area contributed by atoms with Crippen LogP contribution in [0.5, 0.6) is 0 Å². The minimum absolute atomic E-state index is 0.0353. The van der Waals surface area contributed by atoms with E-state index in [4.69, 9.17) is 4.74 Å². The van der Waals surface area contributed by atoms with Gasteiger partial charge in [-0.15, -0.1) is 0 Å². The molecular weight excluding hydrogens is 518 g/mol. The number of likely N-dealkylation sites (N-methyl/N-ethyl adjacent to an activating group) is 1. The lowest BCUT2D eigenvalue weighted by molar-refractivity contribution is -0.123. The Kier molecular flexibility index (Phi) is 9.01. The Morgan fingerprint density at radius 1 is 1.21 bits per heavy atom. The summed E-state index contributed by atoms with van der Waals surface area (Å²) in [6, 6.07) is 7.48. The Labute approximate surface area is 220 Å². The Bertz CT molecular complexity index is 1510. The second-order valence-electron chi connectivity index (χ2n) is 9.44. The van der Waals surface area contributed by atoms with Crippen LogP contribution < -0.4 is 10.9 Å². The number of rotatable bonds is 11. The number of aromatic nitrogens is 2. The zero-order valence-corrected chi connectivity index (χ0v) is 22.9. The van der Waals surface area contributed by atoms with Gasteiger partial charge in [0.25, 0.3) is 5.56 Å². The summed E-state index contributed by atoms with van der Waals surface area (Å²) in [6.07, 6.45) is 2.07. The Balaban J connectivity index is 1.90. The van der Waals surface area contributed by atoms with Crippen LogP contribution in [0.4, 0.5) is 8.78 Å². The van der Waals surface area contributed by atoms with Crippen molar-refractivity contribution in [1.82, 2.24) is 19.8 Å². The molecule has 9 nitrogen and oxygen atoms in total. The first-order chi connectivity index (χ1) is 17.8. The van der Waals surface area contributed by atoms with Crippen molar-refractivity contribution in [3.8, 4) is 11.1 Å². The number of carbonyl (C=O) groups excluding carboxylic acids is 1. The van der Waals surface area contributed by atoms with Crippen LogP contribution in [0.3, 0.4) is 0 Å². The summed E-state index contributed by atoms with van der Waals surface area (Å²) in [5.74, 6) is -2.61. The average molecular weight is 551 g/mol. The molecule has 2 aromatic carbocycles. The standard InChI is InChI=1S/C26H32F2N4O5S/c1-26(25(34)29-2,38(5,35)36)10-11-32-16-30-21-14-17(6-9-20(21)24(32)33)19-8-7-18(22(27)23(19)28)15-31(3)12-13-37-4/h6-9,14,16H,10-13,15H2,1-5H3,(H,29,34)/t26-/m1/s1. The Morgan fingerprint density at radius 2 is 1.92 bits per heavy atom. The van der Waals surface area contributed by atoms with Crippen LogP contribution in [0.25, 0.3) is 22.0 Å². The monoisotopic (exact) mass is 550 g/mol. The highest BCUT2D eigenvalue weighted by Gasteiger charge is 2.42. The van der Waals surface area contributed by atoms with Gasteiger partial charge in [-0.3, -0.25) is 19.1 Å². The fourth-order valence-electron chi connectivity index (χ4n) is 4.10. The van der Waals surface area contributed by atoms with Crippen LogP contribution in [0.2, 0.25) is 0 Å². The summed E-state index contributed by atoms with van der Waals surface area (Å²) >= 11 is 0. The summed E-state index contributed by atoms with van der Waals surface area (Å²) in [7, 11) is 0.914. The molecule has 0 radical (unpaired) electrons. The van der Waals surface area contributed by atoms with Crippen LogP contribution in [-0.2, 0) is 32.5 Å². The number of amides is 1. The number of nitrogens with one attached hydrogen (secondary N) is 1. The molecule has 0 saturated carbocycles. The predicted molar refractivity (Wildman–Crippen MR) is 141 cm³/mol. The van der Waals surface area contributed by atoms with Crippen molar-refractivity contribution in [2.75, 3.05) is 40.6 Å². The van der Waals surface area contributed by atoms with Crippen LogP contribution >= 0.6 is 0 Å². The van der Waals surface area contributed by atoms with Gasteiger partial charge >= 0.3 is 0 Å². The van der Waals surface area contributed by atoms with Crippen LogP contribution in [0.1, 0.15) is 18.9 Å². The number of hydrogen-bond donors (Lipinski definition) is 1. The first-order valence-electron chi connectivity index (χ1n) is 11.9. The second-order valence-corrected chi connectivity index (χ2v) is 11.9. The van der Waals surface area contributed by atoms with Crippen molar-refractivity contribution in [1.29, 1.82) is 0 Å².